The standard InChI is InChI=1S/C24H21F4N3OS/c1-15-6-11-18(20(25)19(15)24(26,27)28)30-21(32)23(12-4-13-23)31(22(30)33)17-9-7-16(8-10-17)5-2-3-14-29/h6-11H,2-5,12-13H2,1H3. The molecule has 2 fully saturated rings. The van der Waals surface area contributed by atoms with Gasteiger partial charge in [-0.2, -0.15) is 18.4 Å². The Labute approximate surface area is 194 Å². The van der Waals surface area contributed by atoms with Crippen molar-refractivity contribution in [2.45, 2.75) is 57.2 Å². The second-order valence-electron chi connectivity index (χ2n) is 8.41. The summed E-state index contributed by atoms with van der Waals surface area (Å²) in [5.41, 5.74) is -1.51. The van der Waals surface area contributed by atoms with E-state index in [1.807, 2.05) is 12.1 Å². The van der Waals surface area contributed by atoms with Crippen molar-refractivity contribution < 1.29 is 22.4 Å². The molecule has 4 nitrogen and oxygen atoms in total. The summed E-state index contributed by atoms with van der Waals surface area (Å²) in [5.74, 6) is -2.00. The Morgan fingerprint density at radius 2 is 1.82 bits per heavy atom. The first kappa shape index (κ1) is 23.2. The number of anilines is 2. The SMILES string of the molecule is Cc1ccc(N2C(=O)C3(CCC3)N(c3ccc(CCCC#N)cc3)C2=S)c(F)c1C(F)(F)F. The van der Waals surface area contributed by atoms with E-state index in [4.69, 9.17) is 17.5 Å². The second-order valence-corrected chi connectivity index (χ2v) is 8.78. The second kappa shape index (κ2) is 8.41. The van der Waals surface area contributed by atoms with Crippen molar-refractivity contribution in [3.8, 4) is 6.07 Å². The topological polar surface area (TPSA) is 47.3 Å². The summed E-state index contributed by atoms with van der Waals surface area (Å²) in [6, 6.07) is 11.8. The Bertz CT molecular complexity index is 1150. The summed E-state index contributed by atoms with van der Waals surface area (Å²) in [4.78, 5) is 16.0. The van der Waals surface area contributed by atoms with Gasteiger partial charge in [-0.1, -0.05) is 18.2 Å². The van der Waals surface area contributed by atoms with Gasteiger partial charge < -0.3 is 4.90 Å². The number of aryl methyl sites for hydroxylation is 2. The molecule has 1 saturated heterocycles. The minimum Gasteiger partial charge on any atom is -0.303 e. The third-order valence-electron chi connectivity index (χ3n) is 6.40. The monoisotopic (exact) mass is 475 g/mol. The summed E-state index contributed by atoms with van der Waals surface area (Å²) in [6.45, 7) is 1.18. The lowest BCUT2D eigenvalue weighted by molar-refractivity contribution is -0.140. The lowest BCUT2D eigenvalue weighted by atomic mass is 9.75. The molecule has 0 unspecified atom stereocenters. The number of unbranched alkanes of at least 4 members (excludes halogenated alkanes) is 1. The van der Waals surface area contributed by atoms with Crippen LogP contribution in [-0.2, 0) is 17.4 Å². The van der Waals surface area contributed by atoms with Crippen LogP contribution in [0.5, 0.6) is 0 Å². The fourth-order valence-electron chi connectivity index (χ4n) is 4.56. The summed E-state index contributed by atoms with van der Waals surface area (Å²) in [7, 11) is 0. The van der Waals surface area contributed by atoms with Gasteiger partial charge in [0, 0.05) is 12.1 Å². The van der Waals surface area contributed by atoms with E-state index in [9.17, 15) is 18.0 Å². The van der Waals surface area contributed by atoms with Crippen LogP contribution in [0.4, 0.5) is 28.9 Å². The van der Waals surface area contributed by atoms with Crippen LogP contribution in [0.25, 0.3) is 0 Å². The molecule has 1 aliphatic heterocycles. The molecule has 1 heterocycles. The number of carbonyl (C=O) groups is 1. The average molecular weight is 476 g/mol. The highest BCUT2D eigenvalue weighted by Gasteiger charge is 2.60. The van der Waals surface area contributed by atoms with E-state index in [2.05, 4.69) is 6.07 Å². The molecule has 0 N–H and O–H groups in total. The number of halogens is 4. The van der Waals surface area contributed by atoms with Crippen LogP contribution in [0.2, 0.25) is 0 Å². The fourth-order valence-corrected chi connectivity index (χ4v) is 5.02. The largest absolute Gasteiger partial charge is 0.419 e. The van der Waals surface area contributed by atoms with Crippen molar-refractivity contribution in [2.24, 2.45) is 0 Å². The third kappa shape index (κ3) is 3.76. The maximum Gasteiger partial charge on any atom is 0.419 e. The number of hydrogen-bond acceptors (Lipinski definition) is 3. The Kier molecular flexibility index (Phi) is 5.91. The van der Waals surface area contributed by atoms with E-state index >= 15 is 4.39 Å². The lowest BCUT2D eigenvalue weighted by Gasteiger charge is -2.43. The fraction of sp³-hybridized carbons (Fsp3) is 0.375. The van der Waals surface area contributed by atoms with E-state index in [1.54, 1.807) is 17.0 Å². The highest BCUT2D eigenvalue weighted by Crippen LogP contribution is 2.49. The zero-order chi connectivity index (χ0) is 24.0. The predicted molar refractivity (Wildman–Crippen MR) is 120 cm³/mol. The van der Waals surface area contributed by atoms with E-state index in [0.717, 1.165) is 35.8 Å². The molecule has 1 amide bonds. The Morgan fingerprint density at radius 3 is 2.36 bits per heavy atom. The smallest absolute Gasteiger partial charge is 0.303 e. The predicted octanol–water partition coefficient (Wildman–Crippen LogP) is 6.06. The molecule has 2 aromatic carbocycles. The molecule has 0 aromatic heterocycles. The van der Waals surface area contributed by atoms with Crippen molar-refractivity contribution in [2.75, 3.05) is 9.80 Å². The van der Waals surface area contributed by atoms with E-state index < -0.39 is 34.7 Å². The van der Waals surface area contributed by atoms with Gasteiger partial charge in [-0.05, 0) is 80.6 Å². The quantitative estimate of drug-likeness (QED) is 0.300. The molecule has 2 aliphatic rings. The molecule has 0 bridgehead atoms. The number of nitriles is 1. The molecule has 1 aliphatic carbocycles. The molecule has 9 heteroatoms. The van der Waals surface area contributed by atoms with Crippen molar-refractivity contribution >= 4 is 34.6 Å². The molecule has 2 aromatic rings. The number of nitrogens with zero attached hydrogens (tertiary/aromatic N) is 3. The summed E-state index contributed by atoms with van der Waals surface area (Å²) in [6.07, 6.45) is -1.28. The van der Waals surface area contributed by atoms with Crippen LogP contribution >= 0.6 is 12.2 Å². The van der Waals surface area contributed by atoms with Crippen molar-refractivity contribution in [3.05, 3.63) is 58.9 Å². The van der Waals surface area contributed by atoms with Crippen LogP contribution in [0.3, 0.4) is 0 Å². The van der Waals surface area contributed by atoms with Crippen molar-refractivity contribution in [1.29, 1.82) is 5.26 Å². The van der Waals surface area contributed by atoms with E-state index in [1.165, 1.54) is 13.0 Å². The zero-order valence-corrected chi connectivity index (χ0v) is 18.7. The van der Waals surface area contributed by atoms with E-state index in [-0.39, 0.29) is 10.7 Å². The first-order valence-electron chi connectivity index (χ1n) is 10.6. The Morgan fingerprint density at radius 1 is 1.15 bits per heavy atom. The molecule has 33 heavy (non-hydrogen) atoms. The van der Waals surface area contributed by atoms with Gasteiger partial charge in [0.25, 0.3) is 5.91 Å². The molecule has 0 radical (unpaired) electrons. The van der Waals surface area contributed by atoms with Crippen LogP contribution < -0.4 is 9.80 Å². The zero-order valence-electron chi connectivity index (χ0n) is 17.9. The summed E-state index contributed by atoms with van der Waals surface area (Å²) >= 11 is 5.55. The first-order valence-corrected chi connectivity index (χ1v) is 11.0. The minimum absolute atomic E-state index is 0.0344. The Balaban J connectivity index is 1.73. The van der Waals surface area contributed by atoms with Gasteiger partial charge in [-0.15, -0.1) is 0 Å². The highest BCUT2D eigenvalue weighted by atomic mass is 32.1. The number of benzene rings is 2. The first-order chi connectivity index (χ1) is 15.6. The van der Waals surface area contributed by atoms with Crippen molar-refractivity contribution in [1.82, 2.24) is 0 Å². The molecule has 172 valence electrons. The van der Waals surface area contributed by atoms with Crippen LogP contribution in [0.1, 0.15) is 48.8 Å². The number of thiocarbonyl (C=S) groups is 1. The van der Waals surface area contributed by atoms with Gasteiger partial charge in [0.2, 0.25) is 0 Å². The van der Waals surface area contributed by atoms with Gasteiger partial charge in [-0.3, -0.25) is 9.69 Å². The molecular formula is C24H21F4N3OS. The van der Waals surface area contributed by atoms with E-state index in [0.29, 0.717) is 24.9 Å². The van der Waals surface area contributed by atoms with Gasteiger partial charge in [0.15, 0.2) is 10.9 Å². The molecule has 4 rings (SSSR count). The number of rotatable bonds is 5. The normalized spacial score (nSPS) is 17.5. The molecular weight excluding hydrogens is 454 g/mol. The average Bonchev–Trinajstić information content (AvgIpc) is 2.95. The minimum atomic E-state index is -4.90. The maximum atomic E-state index is 15.1. The molecule has 1 saturated carbocycles. The van der Waals surface area contributed by atoms with Gasteiger partial charge in [0.1, 0.15) is 5.54 Å². The molecule has 0 atom stereocenters. The van der Waals surface area contributed by atoms with Crippen molar-refractivity contribution in [3.63, 3.8) is 0 Å². The Hall–Kier alpha value is -2.99. The lowest BCUT2D eigenvalue weighted by Crippen LogP contribution is -2.55. The molecule has 1 spiro atoms. The van der Waals surface area contributed by atoms with Crippen LogP contribution in [0, 0.1) is 24.1 Å². The maximum absolute atomic E-state index is 15.1. The van der Waals surface area contributed by atoms with Crippen LogP contribution in [0.15, 0.2) is 36.4 Å². The number of alkyl halides is 3. The summed E-state index contributed by atoms with van der Waals surface area (Å²) < 4.78 is 55.6. The van der Waals surface area contributed by atoms with Gasteiger partial charge >= 0.3 is 6.18 Å². The third-order valence-corrected chi connectivity index (χ3v) is 6.76. The summed E-state index contributed by atoms with van der Waals surface area (Å²) in [5, 5.41) is 8.66. The number of hydrogen-bond donors (Lipinski definition) is 0. The van der Waals surface area contributed by atoms with Gasteiger partial charge in [-0.25, -0.2) is 4.39 Å². The van der Waals surface area contributed by atoms with Crippen LogP contribution in [-0.4, -0.2) is 16.6 Å². The number of carbonyl (C=O) groups excluding carboxylic acids is 1. The van der Waals surface area contributed by atoms with Gasteiger partial charge in [0.05, 0.1) is 17.3 Å². The highest BCUT2D eigenvalue weighted by molar-refractivity contribution is 7.81. The number of amides is 1.